The van der Waals surface area contributed by atoms with Gasteiger partial charge in [-0.3, -0.25) is 9.78 Å². The van der Waals surface area contributed by atoms with Crippen LogP contribution in [-0.2, 0) is 16.0 Å². The summed E-state index contributed by atoms with van der Waals surface area (Å²) in [7, 11) is 0. The maximum atomic E-state index is 13.6. The first-order valence-electron chi connectivity index (χ1n) is 11.9. The highest BCUT2D eigenvalue weighted by molar-refractivity contribution is 6.32. The van der Waals surface area contributed by atoms with Gasteiger partial charge >= 0.3 is 0 Å². The molecule has 178 valence electrons. The zero-order valence-electron chi connectivity index (χ0n) is 19.6. The summed E-state index contributed by atoms with van der Waals surface area (Å²) in [5.41, 5.74) is 3.80. The topological polar surface area (TPSA) is 74.7 Å². The van der Waals surface area contributed by atoms with E-state index in [4.69, 9.17) is 4.74 Å². The molecule has 0 aliphatic carbocycles. The van der Waals surface area contributed by atoms with Gasteiger partial charge in [-0.15, -0.1) is 0 Å². The Morgan fingerprint density at radius 3 is 2.91 bits per heavy atom. The molecule has 5 rings (SSSR count). The predicted octanol–water partition coefficient (Wildman–Crippen LogP) is 4.02. The van der Waals surface area contributed by atoms with Crippen molar-refractivity contribution < 1.29 is 19.0 Å². The molecule has 2 aromatic rings. The van der Waals surface area contributed by atoms with E-state index in [0.717, 1.165) is 55.7 Å². The average Bonchev–Trinajstić information content (AvgIpc) is 3.32. The van der Waals surface area contributed by atoms with Crippen molar-refractivity contribution in [3.05, 3.63) is 71.0 Å². The van der Waals surface area contributed by atoms with E-state index >= 15 is 0 Å². The molecule has 1 fully saturated rings. The van der Waals surface area contributed by atoms with Gasteiger partial charge in [0.25, 0.3) is 5.91 Å². The van der Waals surface area contributed by atoms with Crippen molar-refractivity contribution in [3.63, 3.8) is 0 Å². The third kappa shape index (κ3) is 4.38. The molecular weight excluding hydrogens is 433 g/mol. The van der Waals surface area contributed by atoms with Crippen LogP contribution in [0.2, 0.25) is 0 Å². The summed E-state index contributed by atoms with van der Waals surface area (Å²) in [6.07, 6.45) is 6.86. The van der Waals surface area contributed by atoms with Crippen LogP contribution in [0.4, 0.5) is 10.1 Å². The van der Waals surface area contributed by atoms with Crippen molar-refractivity contribution in [3.8, 4) is 0 Å². The highest BCUT2D eigenvalue weighted by Crippen LogP contribution is 2.44. The fraction of sp³-hybridized carbons (Fsp3) is 0.407. The lowest BCUT2D eigenvalue weighted by atomic mass is 9.93. The molecule has 0 bridgehead atoms. The Kier molecular flexibility index (Phi) is 6.00. The second kappa shape index (κ2) is 8.96. The van der Waals surface area contributed by atoms with Gasteiger partial charge in [-0.1, -0.05) is 6.07 Å². The molecule has 7 heteroatoms. The van der Waals surface area contributed by atoms with Crippen LogP contribution >= 0.6 is 0 Å². The number of amides is 1. The number of nitrogens with one attached hydrogen (secondary N) is 1. The quantitative estimate of drug-likeness (QED) is 0.655. The van der Waals surface area contributed by atoms with Crippen LogP contribution in [0.15, 0.2) is 48.4 Å². The molecule has 2 N–H and O–H groups in total. The third-order valence-corrected chi connectivity index (χ3v) is 6.94. The van der Waals surface area contributed by atoms with Gasteiger partial charge in [-0.25, -0.2) is 4.39 Å². The maximum Gasteiger partial charge on any atom is 0.260 e. The summed E-state index contributed by atoms with van der Waals surface area (Å²) in [5.74, 6) is 0.180. The number of aromatic nitrogens is 1. The fourth-order valence-corrected chi connectivity index (χ4v) is 5.12. The molecule has 6 nitrogen and oxygen atoms in total. The normalized spacial score (nSPS) is 23.9. The van der Waals surface area contributed by atoms with E-state index in [1.807, 2.05) is 32.2 Å². The number of rotatable bonds is 5. The SMILES string of the molecule is CC1(C)O/C(=C2/C(=O)Nc3cc(F)ccc32)C=C1c1ccc(CCN2CCCC(CO)C2)nc1. The molecule has 1 atom stereocenters. The molecule has 34 heavy (non-hydrogen) atoms. The van der Waals surface area contributed by atoms with E-state index < -0.39 is 11.4 Å². The molecule has 1 aromatic heterocycles. The van der Waals surface area contributed by atoms with E-state index in [1.165, 1.54) is 12.1 Å². The molecule has 0 spiro atoms. The van der Waals surface area contributed by atoms with Crippen LogP contribution in [-0.4, -0.2) is 52.7 Å². The fourth-order valence-electron chi connectivity index (χ4n) is 5.12. The van der Waals surface area contributed by atoms with Crippen molar-refractivity contribution >= 4 is 22.7 Å². The van der Waals surface area contributed by atoms with Gasteiger partial charge in [-0.2, -0.15) is 0 Å². The first kappa shape index (κ1) is 22.7. The van der Waals surface area contributed by atoms with Crippen molar-refractivity contribution in [2.75, 3.05) is 31.6 Å². The number of anilines is 1. The van der Waals surface area contributed by atoms with Gasteiger partial charge in [0.2, 0.25) is 0 Å². The number of carbonyl (C=O) groups is 1. The summed E-state index contributed by atoms with van der Waals surface area (Å²) in [4.78, 5) is 19.7. The van der Waals surface area contributed by atoms with Crippen LogP contribution < -0.4 is 5.32 Å². The van der Waals surface area contributed by atoms with Crippen LogP contribution in [0.5, 0.6) is 0 Å². The van der Waals surface area contributed by atoms with Crippen molar-refractivity contribution in [2.45, 2.75) is 38.7 Å². The Hall–Kier alpha value is -3.03. The van der Waals surface area contributed by atoms with Crippen molar-refractivity contribution in [2.24, 2.45) is 5.92 Å². The van der Waals surface area contributed by atoms with Crippen LogP contribution in [0.1, 0.15) is 43.5 Å². The minimum absolute atomic E-state index is 0.263. The molecule has 3 aliphatic rings. The van der Waals surface area contributed by atoms with Gasteiger partial charge in [0.05, 0.1) is 11.3 Å². The molecule has 3 aliphatic heterocycles. The van der Waals surface area contributed by atoms with Gasteiger partial charge in [0.15, 0.2) is 0 Å². The zero-order chi connectivity index (χ0) is 23.9. The number of likely N-dealkylation sites (tertiary alicyclic amines) is 1. The molecule has 0 radical (unpaired) electrons. The standard InChI is InChI=1S/C27H30FN3O3/c1-27(2)22(13-24(34-27)25-21-8-6-19(28)12-23(21)30-26(25)33)18-5-7-20(29-14-18)9-11-31-10-3-4-17(15-31)16-32/h5-8,12-14,17,32H,3-4,9-11,15-16H2,1-2H3,(H,30,33)/b25-24+. The van der Waals surface area contributed by atoms with Gasteiger partial charge in [-0.05, 0) is 69.5 Å². The Morgan fingerprint density at radius 1 is 1.29 bits per heavy atom. The molecule has 1 aromatic carbocycles. The number of ether oxygens (including phenoxy) is 1. The van der Waals surface area contributed by atoms with E-state index in [0.29, 0.717) is 28.5 Å². The van der Waals surface area contributed by atoms with Crippen LogP contribution in [0.25, 0.3) is 11.1 Å². The number of allylic oxidation sites excluding steroid dienone is 1. The largest absolute Gasteiger partial charge is 0.482 e. The number of aliphatic hydroxyl groups is 1. The number of hydrogen-bond acceptors (Lipinski definition) is 5. The van der Waals surface area contributed by atoms with Gasteiger partial charge < -0.3 is 20.1 Å². The van der Waals surface area contributed by atoms with E-state index in [-0.39, 0.29) is 12.5 Å². The lowest BCUT2D eigenvalue weighted by Crippen LogP contribution is -2.38. The summed E-state index contributed by atoms with van der Waals surface area (Å²) in [6, 6.07) is 8.38. The number of hydrogen-bond donors (Lipinski definition) is 2. The van der Waals surface area contributed by atoms with Crippen LogP contribution in [0, 0.1) is 11.7 Å². The number of fused-ring (bicyclic) bond motifs is 1. The van der Waals surface area contributed by atoms with Crippen molar-refractivity contribution in [1.82, 2.24) is 9.88 Å². The second-order valence-corrected chi connectivity index (χ2v) is 9.83. The maximum absolute atomic E-state index is 13.6. The number of benzene rings is 1. The molecule has 1 unspecified atom stereocenters. The Bertz CT molecular complexity index is 1170. The number of pyridine rings is 1. The molecular formula is C27H30FN3O3. The van der Waals surface area contributed by atoms with Crippen LogP contribution in [0.3, 0.4) is 0 Å². The highest BCUT2D eigenvalue weighted by atomic mass is 19.1. The number of piperidine rings is 1. The number of nitrogens with zero attached hydrogens (tertiary/aromatic N) is 2. The summed E-state index contributed by atoms with van der Waals surface area (Å²) in [5, 5.41) is 12.2. The van der Waals surface area contributed by atoms with Gasteiger partial charge in [0, 0.05) is 54.7 Å². The third-order valence-electron chi connectivity index (χ3n) is 6.94. The smallest absolute Gasteiger partial charge is 0.260 e. The Morgan fingerprint density at radius 2 is 2.15 bits per heavy atom. The Balaban J connectivity index is 1.35. The minimum atomic E-state index is -0.637. The monoisotopic (exact) mass is 463 g/mol. The predicted molar refractivity (Wildman–Crippen MR) is 129 cm³/mol. The average molecular weight is 464 g/mol. The van der Waals surface area contributed by atoms with E-state index in [9.17, 15) is 14.3 Å². The zero-order valence-corrected chi connectivity index (χ0v) is 19.6. The molecule has 0 saturated carbocycles. The second-order valence-electron chi connectivity index (χ2n) is 9.83. The van der Waals surface area contributed by atoms with Gasteiger partial charge in [0.1, 0.15) is 17.2 Å². The highest BCUT2D eigenvalue weighted by Gasteiger charge is 2.38. The van der Waals surface area contributed by atoms with E-state index in [2.05, 4.69) is 21.3 Å². The number of aliphatic hydroxyl groups excluding tert-OH is 1. The Labute approximate surface area is 199 Å². The lowest BCUT2D eigenvalue weighted by molar-refractivity contribution is -0.111. The van der Waals surface area contributed by atoms with Crippen molar-refractivity contribution in [1.29, 1.82) is 0 Å². The molecule has 1 saturated heterocycles. The summed E-state index contributed by atoms with van der Waals surface area (Å²) < 4.78 is 19.8. The number of carbonyl (C=O) groups excluding carboxylic acids is 1. The summed E-state index contributed by atoms with van der Waals surface area (Å²) in [6.45, 7) is 7.16. The lowest BCUT2D eigenvalue weighted by Gasteiger charge is -2.31. The first-order chi connectivity index (χ1) is 16.3. The van der Waals surface area contributed by atoms with E-state index in [1.54, 1.807) is 6.07 Å². The summed E-state index contributed by atoms with van der Waals surface area (Å²) >= 11 is 0. The molecule has 4 heterocycles. The molecule has 1 amide bonds. The minimum Gasteiger partial charge on any atom is -0.482 e. The number of halogens is 1. The first-order valence-corrected chi connectivity index (χ1v) is 11.9.